The first-order chi connectivity index (χ1) is 24.7. The van der Waals surface area contributed by atoms with Crippen molar-refractivity contribution in [3.8, 4) is 45.5 Å². The van der Waals surface area contributed by atoms with Crippen LogP contribution in [0, 0.1) is 50.4 Å². The Labute approximate surface area is 314 Å². The molecule has 7 aromatic rings. The van der Waals surface area contributed by atoms with Gasteiger partial charge in [-0.15, -0.1) is 12.1 Å². The van der Waals surface area contributed by atoms with Gasteiger partial charge >= 0.3 is 20.4 Å². The van der Waals surface area contributed by atoms with Gasteiger partial charge in [-0.2, -0.15) is 0 Å². The topological polar surface area (TPSA) is 47.5 Å². The maximum absolute atomic E-state index is 15.5. The van der Waals surface area contributed by atoms with Gasteiger partial charge in [-0.3, -0.25) is 8.78 Å². The van der Waals surface area contributed by atoms with E-state index in [4.69, 9.17) is 9.47 Å². The van der Waals surface area contributed by atoms with Crippen LogP contribution < -0.4 is 14.4 Å². The van der Waals surface area contributed by atoms with Gasteiger partial charge in [0.15, 0.2) is 0 Å². The first-order valence-corrected chi connectivity index (χ1v) is 16.1. The molecule has 0 aliphatic rings. The van der Waals surface area contributed by atoms with Gasteiger partial charge in [0.25, 0.3) is 0 Å². The van der Waals surface area contributed by atoms with Crippen LogP contribution in [-0.4, -0.2) is 9.97 Å². The number of aryl methyl sites for hydroxylation is 3. The number of para-hydroxylation sites is 2. The number of anilines is 3. The third-order valence-corrected chi connectivity index (χ3v) is 8.18. The first kappa shape index (κ1) is 36.1. The Morgan fingerprint density at radius 3 is 1.81 bits per heavy atom. The van der Waals surface area contributed by atoms with Crippen molar-refractivity contribution in [2.24, 2.45) is 0 Å². The molecule has 0 radical (unpaired) electrons. The van der Waals surface area contributed by atoms with Gasteiger partial charge in [-0.05, 0) is 85.1 Å². The predicted molar refractivity (Wildman–Crippen MR) is 192 cm³/mol. The van der Waals surface area contributed by atoms with Crippen molar-refractivity contribution in [1.29, 1.82) is 0 Å². The third kappa shape index (κ3) is 7.62. The van der Waals surface area contributed by atoms with E-state index in [9.17, 15) is 0 Å². The minimum Gasteiger partial charge on any atom is -0.500 e. The minimum absolute atomic E-state index is 0. The summed E-state index contributed by atoms with van der Waals surface area (Å²) in [5.74, 6) is -4.97. The second-order valence-corrected chi connectivity index (χ2v) is 11.9. The molecule has 0 aliphatic heterocycles. The number of benzene rings is 5. The van der Waals surface area contributed by atoms with Gasteiger partial charge in [-0.25, -0.2) is 9.37 Å². The molecular formula is C43H30F3N3O2Pd. The summed E-state index contributed by atoms with van der Waals surface area (Å²) in [6.07, 6.45) is 3.08. The zero-order chi connectivity index (χ0) is 35.5. The Hall–Kier alpha value is -5.75. The Balaban J connectivity index is 0.00000464. The standard InChI is InChI=1S/C43H30F3N3O2.Pd/c1-27-20-28(2)40(29(3)21-27)30-17-19-47-37(22-30)36-26-38(42(45)43(46)41(36)44)50-34-23-33(24-35(25-34)51-39-16-10-11-18-48-39)49(31-12-6-4-7-13-31)32-14-8-5-9-15-32;/h4-24H,1-3H3;/q-2;+2. The zero-order valence-corrected chi connectivity index (χ0v) is 29.8. The van der Waals surface area contributed by atoms with Gasteiger partial charge in [0.05, 0.1) is 11.6 Å². The molecule has 9 heteroatoms. The summed E-state index contributed by atoms with van der Waals surface area (Å²) in [7, 11) is 0. The van der Waals surface area contributed by atoms with E-state index in [-0.39, 0.29) is 49.1 Å². The summed E-state index contributed by atoms with van der Waals surface area (Å²) in [6.45, 7) is 5.98. The van der Waals surface area contributed by atoms with Crippen LogP contribution in [0.15, 0.2) is 128 Å². The molecular weight excluding hydrogens is 754 g/mol. The van der Waals surface area contributed by atoms with Crippen LogP contribution >= 0.6 is 0 Å². The number of hydrogen-bond acceptors (Lipinski definition) is 5. The summed E-state index contributed by atoms with van der Waals surface area (Å²) < 4.78 is 58.3. The fourth-order valence-corrected chi connectivity index (χ4v) is 6.11. The Bertz CT molecular complexity index is 2280. The molecule has 0 aliphatic carbocycles. The summed E-state index contributed by atoms with van der Waals surface area (Å²) >= 11 is 0. The summed E-state index contributed by atoms with van der Waals surface area (Å²) in [6, 6.07) is 40.8. The van der Waals surface area contributed by atoms with Gasteiger partial charge in [-0.1, -0.05) is 89.6 Å². The van der Waals surface area contributed by atoms with Crippen molar-refractivity contribution < 1.29 is 43.1 Å². The van der Waals surface area contributed by atoms with Gasteiger partial charge in [0.1, 0.15) is 11.6 Å². The third-order valence-electron chi connectivity index (χ3n) is 8.18. The first-order valence-electron chi connectivity index (χ1n) is 16.1. The quantitative estimate of drug-likeness (QED) is 0.0829. The molecule has 0 saturated carbocycles. The molecule has 2 heterocycles. The second-order valence-electron chi connectivity index (χ2n) is 11.9. The number of rotatable bonds is 9. The summed E-state index contributed by atoms with van der Waals surface area (Å²) in [5.41, 5.74) is 6.67. The Morgan fingerprint density at radius 1 is 0.577 bits per heavy atom. The van der Waals surface area contributed by atoms with Crippen molar-refractivity contribution in [2.75, 3.05) is 4.90 Å². The zero-order valence-electron chi connectivity index (χ0n) is 28.2. The fraction of sp³-hybridized carbons (Fsp3) is 0.0698. The average molecular weight is 784 g/mol. The van der Waals surface area contributed by atoms with E-state index in [1.54, 1.807) is 48.7 Å². The van der Waals surface area contributed by atoms with E-state index >= 15 is 13.2 Å². The maximum Gasteiger partial charge on any atom is 2.00 e. The van der Waals surface area contributed by atoms with E-state index in [2.05, 4.69) is 22.1 Å². The Kier molecular flexibility index (Phi) is 10.9. The number of halogens is 3. The minimum atomic E-state index is -1.72. The molecule has 0 saturated heterocycles. The SMILES string of the molecule is Cc1cc(C)c(-c2ccnc(-c3[c-]c(Oc4[c-]c(Oc5ccccn5)cc(N(c5ccccc5)c5ccccc5)c4)c(F)c(F)c3F)c2)c(C)c1.[Pd+2]. The van der Waals surface area contributed by atoms with Crippen LogP contribution in [0.4, 0.5) is 30.2 Å². The molecule has 0 N–H and O–H groups in total. The Morgan fingerprint density at radius 2 is 1.19 bits per heavy atom. The van der Waals surface area contributed by atoms with E-state index in [1.807, 2.05) is 98.5 Å². The fourth-order valence-electron chi connectivity index (χ4n) is 6.11. The molecule has 5 aromatic carbocycles. The molecule has 0 atom stereocenters. The predicted octanol–water partition coefficient (Wildman–Crippen LogP) is 11.8. The van der Waals surface area contributed by atoms with Crippen molar-refractivity contribution in [1.82, 2.24) is 9.97 Å². The van der Waals surface area contributed by atoms with Gasteiger partial charge in [0.2, 0.25) is 5.88 Å². The maximum atomic E-state index is 15.5. The summed E-state index contributed by atoms with van der Waals surface area (Å²) in [4.78, 5) is 10.5. The number of ether oxygens (including phenoxy) is 2. The molecule has 0 spiro atoms. The van der Waals surface area contributed by atoms with Crippen LogP contribution in [0.25, 0.3) is 22.4 Å². The van der Waals surface area contributed by atoms with Crippen molar-refractivity contribution in [3.05, 3.63) is 174 Å². The molecule has 5 nitrogen and oxygen atoms in total. The second kappa shape index (κ2) is 15.6. The van der Waals surface area contributed by atoms with Gasteiger partial charge < -0.3 is 19.4 Å². The van der Waals surface area contributed by atoms with Crippen LogP contribution in [0.1, 0.15) is 16.7 Å². The van der Waals surface area contributed by atoms with Crippen LogP contribution in [-0.2, 0) is 20.4 Å². The molecule has 52 heavy (non-hydrogen) atoms. The molecule has 260 valence electrons. The molecule has 2 aromatic heterocycles. The van der Waals surface area contributed by atoms with E-state index in [1.165, 1.54) is 6.20 Å². The van der Waals surface area contributed by atoms with Crippen LogP contribution in [0.2, 0.25) is 0 Å². The van der Waals surface area contributed by atoms with Crippen molar-refractivity contribution in [3.63, 3.8) is 0 Å². The van der Waals surface area contributed by atoms with E-state index < -0.39 is 23.2 Å². The van der Waals surface area contributed by atoms with Crippen LogP contribution in [0.3, 0.4) is 0 Å². The van der Waals surface area contributed by atoms with Crippen molar-refractivity contribution >= 4 is 17.1 Å². The summed E-state index contributed by atoms with van der Waals surface area (Å²) in [5, 5.41) is 0. The number of pyridine rings is 2. The molecule has 0 bridgehead atoms. The number of hydrogen-bond donors (Lipinski definition) is 0. The molecule has 0 fully saturated rings. The monoisotopic (exact) mass is 783 g/mol. The van der Waals surface area contributed by atoms with Gasteiger partial charge in [0, 0.05) is 41.3 Å². The normalized spacial score (nSPS) is 10.7. The van der Waals surface area contributed by atoms with E-state index in [0.29, 0.717) is 5.69 Å². The molecule has 0 amide bonds. The van der Waals surface area contributed by atoms with Crippen LogP contribution in [0.5, 0.6) is 23.1 Å². The van der Waals surface area contributed by atoms with E-state index in [0.717, 1.165) is 39.2 Å². The number of nitrogens with zero attached hydrogens (tertiary/aromatic N) is 3. The number of aromatic nitrogens is 2. The molecule has 0 unspecified atom stereocenters. The smallest absolute Gasteiger partial charge is 0.500 e. The molecule has 7 rings (SSSR count). The average Bonchev–Trinajstić information content (AvgIpc) is 3.13. The largest absolute Gasteiger partial charge is 2.00 e. The van der Waals surface area contributed by atoms with Crippen molar-refractivity contribution in [2.45, 2.75) is 20.8 Å².